The summed E-state index contributed by atoms with van der Waals surface area (Å²) in [6.45, 7) is 6.84. The molecule has 0 N–H and O–H groups in total. The standard InChI is InChI=1S/C22H31N5O5SSi/c1-30-17-11-9-12-18(31-2)20(17)27-21(16-10-8-13-19(23-16)32-3)24-25-22(27)26(33(4,28)29)14-15-34(5,6)7/h8-13H,14-15H2,1-7H3. The molecule has 3 aromatic rings. The fourth-order valence-electron chi connectivity index (χ4n) is 3.37. The molecule has 2 heterocycles. The highest BCUT2D eigenvalue weighted by molar-refractivity contribution is 7.92. The average molecular weight is 506 g/mol. The normalized spacial score (nSPS) is 11.9. The molecule has 2 aromatic heterocycles. The lowest BCUT2D eigenvalue weighted by atomic mass is 10.2. The van der Waals surface area contributed by atoms with Crippen LogP contribution in [-0.2, 0) is 10.0 Å². The first-order valence-electron chi connectivity index (χ1n) is 10.7. The van der Waals surface area contributed by atoms with Crippen LogP contribution < -0.4 is 18.5 Å². The molecular formula is C22H31N5O5SSi. The van der Waals surface area contributed by atoms with Gasteiger partial charge in [0.2, 0.25) is 21.9 Å². The number of pyridine rings is 1. The number of para-hydroxylation sites is 1. The van der Waals surface area contributed by atoms with Crippen LogP contribution in [0.4, 0.5) is 5.95 Å². The van der Waals surface area contributed by atoms with E-state index in [1.807, 2.05) is 0 Å². The van der Waals surface area contributed by atoms with Gasteiger partial charge in [-0.05, 0) is 24.2 Å². The van der Waals surface area contributed by atoms with Gasteiger partial charge in [0, 0.05) is 20.7 Å². The van der Waals surface area contributed by atoms with Gasteiger partial charge in [-0.2, -0.15) is 0 Å². The molecule has 0 aliphatic heterocycles. The van der Waals surface area contributed by atoms with Gasteiger partial charge in [-0.25, -0.2) is 17.7 Å². The minimum absolute atomic E-state index is 0.128. The van der Waals surface area contributed by atoms with Gasteiger partial charge in [-0.15, -0.1) is 10.2 Å². The van der Waals surface area contributed by atoms with Crippen LogP contribution in [0.2, 0.25) is 25.7 Å². The first-order chi connectivity index (χ1) is 16.0. The van der Waals surface area contributed by atoms with E-state index < -0.39 is 18.1 Å². The number of benzene rings is 1. The lowest BCUT2D eigenvalue weighted by Crippen LogP contribution is -2.37. The summed E-state index contributed by atoms with van der Waals surface area (Å²) < 4.78 is 45.3. The summed E-state index contributed by atoms with van der Waals surface area (Å²) in [5.74, 6) is 1.76. The fraction of sp³-hybridized carbons (Fsp3) is 0.409. The van der Waals surface area contributed by atoms with Gasteiger partial charge in [-0.1, -0.05) is 31.8 Å². The van der Waals surface area contributed by atoms with Gasteiger partial charge in [0.05, 0.1) is 27.6 Å². The van der Waals surface area contributed by atoms with Gasteiger partial charge in [0.25, 0.3) is 0 Å². The van der Waals surface area contributed by atoms with Gasteiger partial charge in [-0.3, -0.25) is 4.57 Å². The number of anilines is 1. The van der Waals surface area contributed by atoms with Gasteiger partial charge in [0.15, 0.2) is 5.82 Å². The van der Waals surface area contributed by atoms with Crippen LogP contribution in [0.1, 0.15) is 0 Å². The Balaban J connectivity index is 2.36. The third-order valence-corrected chi connectivity index (χ3v) is 7.99. The molecule has 0 saturated carbocycles. The molecule has 1 aromatic carbocycles. The number of nitrogens with zero attached hydrogens (tertiary/aromatic N) is 5. The molecule has 10 nitrogen and oxygen atoms in total. The molecule has 0 spiro atoms. The van der Waals surface area contributed by atoms with Crippen molar-refractivity contribution in [1.29, 1.82) is 0 Å². The van der Waals surface area contributed by atoms with Crippen molar-refractivity contribution in [3.05, 3.63) is 36.4 Å². The quantitative estimate of drug-likeness (QED) is 0.386. The molecule has 0 bridgehead atoms. The minimum Gasteiger partial charge on any atom is -0.494 e. The topological polar surface area (TPSA) is 109 Å². The molecule has 184 valence electrons. The van der Waals surface area contributed by atoms with Crippen molar-refractivity contribution < 1.29 is 22.6 Å². The Labute approximate surface area is 201 Å². The summed E-state index contributed by atoms with van der Waals surface area (Å²) in [4.78, 5) is 4.49. The Kier molecular flexibility index (Phi) is 7.51. The van der Waals surface area contributed by atoms with Gasteiger partial charge < -0.3 is 14.2 Å². The van der Waals surface area contributed by atoms with E-state index >= 15 is 0 Å². The molecule has 0 amide bonds. The van der Waals surface area contributed by atoms with Crippen molar-refractivity contribution in [2.75, 3.05) is 38.4 Å². The lowest BCUT2D eigenvalue weighted by molar-refractivity contribution is 0.391. The third-order valence-electron chi connectivity index (χ3n) is 5.12. The van der Waals surface area contributed by atoms with Crippen molar-refractivity contribution in [3.8, 4) is 34.6 Å². The summed E-state index contributed by atoms with van der Waals surface area (Å²) in [7, 11) is -0.674. The Morgan fingerprint density at radius 2 is 1.56 bits per heavy atom. The maximum Gasteiger partial charge on any atom is 0.246 e. The van der Waals surface area contributed by atoms with Crippen LogP contribution in [0.15, 0.2) is 36.4 Å². The molecule has 0 aliphatic carbocycles. The Morgan fingerprint density at radius 3 is 2.09 bits per heavy atom. The highest BCUT2D eigenvalue weighted by Gasteiger charge is 2.31. The molecule has 0 unspecified atom stereocenters. The molecule has 0 atom stereocenters. The Bertz CT molecular complexity index is 1230. The van der Waals surface area contributed by atoms with Crippen molar-refractivity contribution in [2.45, 2.75) is 25.7 Å². The van der Waals surface area contributed by atoms with Crippen LogP contribution in [0.25, 0.3) is 17.2 Å². The third kappa shape index (κ3) is 5.50. The second kappa shape index (κ2) is 10.0. The Hall–Kier alpha value is -3.12. The molecule has 0 aliphatic rings. The number of methoxy groups -OCH3 is 3. The van der Waals surface area contributed by atoms with Crippen LogP contribution in [0, 0.1) is 0 Å². The maximum absolute atomic E-state index is 12.9. The van der Waals surface area contributed by atoms with Crippen molar-refractivity contribution >= 4 is 24.0 Å². The van der Waals surface area contributed by atoms with E-state index in [0.29, 0.717) is 34.6 Å². The van der Waals surface area contributed by atoms with Gasteiger partial charge in [0.1, 0.15) is 22.9 Å². The van der Waals surface area contributed by atoms with E-state index in [1.165, 1.54) is 31.9 Å². The van der Waals surface area contributed by atoms with Crippen molar-refractivity contribution in [2.24, 2.45) is 0 Å². The summed E-state index contributed by atoms with van der Waals surface area (Å²) in [5.41, 5.74) is 0.915. The fourth-order valence-corrected chi connectivity index (χ4v) is 5.26. The predicted octanol–water partition coefficient (Wildman–Crippen LogP) is 3.46. The van der Waals surface area contributed by atoms with E-state index in [4.69, 9.17) is 14.2 Å². The van der Waals surface area contributed by atoms with Crippen molar-refractivity contribution in [3.63, 3.8) is 0 Å². The number of aromatic nitrogens is 4. The van der Waals surface area contributed by atoms with E-state index in [2.05, 4.69) is 34.8 Å². The molecule has 0 fully saturated rings. The van der Waals surface area contributed by atoms with Crippen LogP contribution in [0.3, 0.4) is 0 Å². The number of ether oxygens (including phenoxy) is 3. The van der Waals surface area contributed by atoms with E-state index in [0.717, 1.165) is 6.04 Å². The zero-order chi connectivity index (χ0) is 25.1. The lowest BCUT2D eigenvalue weighted by Gasteiger charge is -2.26. The molecule has 0 saturated heterocycles. The average Bonchev–Trinajstić information content (AvgIpc) is 3.20. The zero-order valence-corrected chi connectivity index (χ0v) is 22.4. The summed E-state index contributed by atoms with van der Waals surface area (Å²) in [6, 6.07) is 11.3. The molecule has 0 radical (unpaired) electrons. The monoisotopic (exact) mass is 505 g/mol. The summed E-state index contributed by atoms with van der Waals surface area (Å²) in [5, 5.41) is 8.68. The number of rotatable bonds is 10. The maximum atomic E-state index is 12.9. The smallest absolute Gasteiger partial charge is 0.246 e. The van der Waals surface area contributed by atoms with Crippen LogP contribution >= 0.6 is 0 Å². The first-order valence-corrected chi connectivity index (χ1v) is 16.2. The summed E-state index contributed by atoms with van der Waals surface area (Å²) >= 11 is 0. The van der Waals surface area contributed by atoms with Gasteiger partial charge >= 0.3 is 0 Å². The Morgan fingerprint density at radius 1 is 0.941 bits per heavy atom. The van der Waals surface area contributed by atoms with E-state index in [9.17, 15) is 8.42 Å². The first kappa shape index (κ1) is 25.5. The van der Waals surface area contributed by atoms with Crippen LogP contribution in [-0.4, -0.2) is 70.4 Å². The number of hydrogen-bond acceptors (Lipinski definition) is 8. The molecular weight excluding hydrogens is 474 g/mol. The highest BCUT2D eigenvalue weighted by atomic mass is 32.2. The molecule has 3 rings (SSSR count). The van der Waals surface area contributed by atoms with Crippen LogP contribution in [0.5, 0.6) is 17.4 Å². The van der Waals surface area contributed by atoms with E-state index in [1.54, 1.807) is 41.0 Å². The second-order valence-electron chi connectivity index (χ2n) is 8.88. The molecule has 34 heavy (non-hydrogen) atoms. The largest absolute Gasteiger partial charge is 0.494 e. The highest BCUT2D eigenvalue weighted by Crippen LogP contribution is 2.38. The predicted molar refractivity (Wildman–Crippen MR) is 135 cm³/mol. The second-order valence-corrected chi connectivity index (χ2v) is 16.4. The summed E-state index contributed by atoms with van der Waals surface area (Å²) in [6.07, 6.45) is 1.17. The van der Waals surface area contributed by atoms with Crippen molar-refractivity contribution in [1.82, 2.24) is 19.7 Å². The number of sulfonamides is 1. The zero-order valence-electron chi connectivity index (χ0n) is 20.6. The minimum atomic E-state index is -3.69. The SMILES string of the molecule is COc1cccc(-c2nnc(N(CC[Si](C)(C)C)S(C)(=O)=O)n2-c2c(OC)cccc2OC)n1. The molecule has 12 heteroatoms. The van der Waals surface area contributed by atoms with E-state index in [-0.39, 0.29) is 12.5 Å². The number of hydrogen-bond donors (Lipinski definition) is 0.